The smallest absolute Gasteiger partial charge is 0.319 e. The fourth-order valence-corrected chi connectivity index (χ4v) is 1.02. The van der Waals surface area contributed by atoms with Gasteiger partial charge in [0.15, 0.2) is 0 Å². The predicted octanol–water partition coefficient (Wildman–Crippen LogP) is 1.29. The van der Waals surface area contributed by atoms with Crippen molar-refractivity contribution >= 4 is 11.7 Å². The highest BCUT2D eigenvalue weighted by atomic mass is 19.1. The molecule has 1 atom stereocenters. The second-order valence-electron chi connectivity index (χ2n) is 3.25. The van der Waals surface area contributed by atoms with E-state index in [0.717, 1.165) is 0 Å². The van der Waals surface area contributed by atoms with Gasteiger partial charge in [-0.1, -0.05) is 6.07 Å². The lowest BCUT2D eigenvalue weighted by Crippen LogP contribution is -2.40. The first-order valence-corrected chi connectivity index (χ1v) is 4.65. The highest BCUT2D eigenvalue weighted by Gasteiger charge is 2.05. The maximum absolute atomic E-state index is 12.8. The molecule has 0 spiro atoms. The third-order valence-corrected chi connectivity index (χ3v) is 1.81. The molecule has 0 aliphatic heterocycles. The maximum Gasteiger partial charge on any atom is 0.319 e. The van der Waals surface area contributed by atoms with Crippen LogP contribution in [0.4, 0.5) is 14.9 Å². The number of nitrogens with two attached hydrogens (primary N) is 1. The zero-order valence-electron chi connectivity index (χ0n) is 8.46. The Morgan fingerprint density at radius 2 is 2.33 bits per heavy atom. The molecule has 0 aromatic heterocycles. The van der Waals surface area contributed by atoms with Gasteiger partial charge in [-0.3, -0.25) is 0 Å². The van der Waals surface area contributed by atoms with Crippen molar-refractivity contribution in [3.8, 4) is 0 Å². The van der Waals surface area contributed by atoms with Gasteiger partial charge in [-0.05, 0) is 25.1 Å². The minimum Gasteiger partial charge on any atom is -0.334 e. The molecule has 5 heteroatoms. The molecule has 0 radical (unpaired) electrons. The second-order valence-corrected chi connectivity index (χ2v) is 3.25. The summed E-state index contributed by atoms with van der Waals surface area (Å²) in [4.78, 5) is 11.3. The zero-order chi connectivity index (χ0) is 11.3. The SMILES string of the molecule is CC(CN)NC(=O)Nc1cccc(F)c1. The van der Waals surface area contributed by atoms with Crippen molar-refractivity contribution in [3.63, 3.8) is 0 Å². The molecule has 0 saturated heterocycles. The van der Waals surface area contributed by atoms with E-state index in [9.17, 15) is 9.18 Å². The zero-order valence-corrected chi connectivity index (χ0v) is 8.46. The van der Waals surface area contributed by atoms with Crippen LogP contribution in [0.15, 0.2) is 24.3 Å². The van der Waals surface area contributed by atoms with E-state index >= 15 is 0 Å². The van der Waals surface area contributed by atoms with E-state index in [2.05, 4.69) is 10.6 Å². The fraction of sp³-hybridized carbons (Fsp3) is 0.300. The van der Waals surface area contributed by atoms with Gasteiger partial charge >= 0.3 is 6.03 Å². The lowest BCUT2D eigenvalue weighted by atomic mass is 10.3. The summed E-state index contributed by atoms with van der Waals surface area (Å²) in [5.41, 5.74) is 5.75. The molecule has 4 N–H and O–H groups in total. The largest absolute Gasteiger partial charge is 0.334 e. The van der Waals surface area contributed by atoms with Crippen LogP contribution < -0.4 is 16.4 Å². The van der Waals surface area contributed by atoms with Gasteiger partial charge in [0, 0.05) is 18.3 Å². The first kappa shape index (κ1) is 11.5. The lowest BCUT2D eigenvalue weighted by Gasteiger charge is -2.12. The van der Waals surface area contributed by atoms with Crippen molar-refractivity contribution in [3.05, 3.63) is 30.1 Å². The average molecular weight is 211 g/mol. The van der Waals surface area contributed by atoms with Gasteiger partial charge in [0.25, 0.3) is 0 Å². The number of benzene rings is 1. The normalized spacial score (nSPS) is 11.9. The van der Waals surface area contributed by atoms with E-state index in [4.69, 9.17) is 5.73 Å². The number of amides is 2. The summed E-state index contributed by atoms with van der Waals surface area (Å²) in [5, 5.41) is 5.10. The number of rotatable bonds is 3. The van der Waals surface area contributed by atoms with Crippen LogP contribution in [-0.4, -0.2) is 18.6 Å². The van der Waals surface area contributed by atoms with Crippen molar-refractivity contribution < 1.29 is 9.18 Å². The van der Waals surface area contributed by atoms with Crippen molar-refractivity contribution in [1.29, 1.82) is 0 Å². The number of urea groups is 1. The topological polar surface area (TPSA) is 67.1 Å². The van der Waals surface area contributed by atoms with Crippen LogP contribution >= 0.6 is 0 Å². The van der Waals surface area contributed by atoms with Crippen LogP contribution in [-0.2, 0) is 0 Å². The Balaban J connectivity index is 2.51. The molecule has 15 heavy (non-hydrogen) atoms. The molecule has 1 unspecified atom stereocenters. The quantitative estimate of drug-likeness (QED) is 0.705. The van der Waals surface area contributed by atoms with E-state index in [1.807, 2.05) is 0 Å². The van der Waals surface area contributed by atoms with Crippen molar-refractivity contribution in [2.24, 2.45) is 5.73 Å². The van der Waals surface area contributed by atoms with Gasteiger partial charge in [0.2, 0.25) is 0 Å². The van der Waals surface area contributed by atoms with Crippen molar-refractivity contribution in [1.82, 2.24) is 5.32 Å². The summed E-state index contributed by atoms with van der Waals surface area (Å²) in [6, 6.07) is 5.18. The predicted molar refractivity (Wildman–Crippen MR) is 57.1 cm³/mol. The van der Waals surface area contributed by atoms with Gasteiger partial charge in [0.1, 0.15) is 5.82 Å². The lowest BCUT2D eigenvalue weighted by molar-refractivity contribution is 0.249. The summed E-state index contributed by atoms with van der Waals surface area (Å²) in [6.45, 7) is 2.14. The van der Waals surface area contributed by atoms with Crippen LogP contribution in [0.2, 0.25) is 0 Å². The van der Waals surface area contributed by atoms with Gasteiger partial charge in [-0.15, -0.1) is 0 Å². The Morgan fingerprint density at radius 1 is 1.60 bits per heavy atom. The van der Waals surface area contributed by atoms with Gasteiger partial charge in [-0.25, -0.2) is 9.18 Å². The summed E-state index contributed by atoms with van der Waals surface area (Å²) in [6.07, 6.45) is 0. The molecular formula is C10H14FN3O. The molecule has 1 rings (SSSR count). The number of nitrogens with one attached hydrogen (secondary N) is 2. The van der Waals surface area contributed by atoms with Crippen LogP contribution in [0.3, 0.4) is 0 Å². The van der Waals surface area contributed by atoms with Crippen LogP contribution in [0.5, 0.6) is 0 Å². The monoisotopic (exact) mass is 211 g/mol. The Morgan fingerprint density at radius 3 is 2.93 bits per heavy atom. The molecule has 0 heterocycles. The van der Waals surface area contributed by atoms with Gasteiger partial charge in [0.05, 0.1) is 0 Å². The Hall–Kier alpha value is -1.62. The molecule has 1 aromatic carbocycles. The minimum atomic E-state index is -0.390. The van der Waals surface area contributed by atoms with Gasteiger partial charge in [-0.2, -0.15) is 0 Å². The standard InChI is InChI=1S/C10H14FN3O/c1-7(6-12)13-10(15)14-9-4-2-3-8(11)5-9/h2-5,7H,6,12H2,1H3,(H2,13,14,15). The average Bonchev–Trinajstić information content (AvgIpc) is 2.17. The number of anilines is 1. The third-order valence-electron chi connectivity index (χ3n) is 1.81. The van der Waals surface area contributed by atoms with Crippen molar-refractivity contribution in [2.45, 2.75) is 13.0 Å². The number of hydrogen-bond donors (Lipinski definition) is 3. The number of carbonyl (C=O) groups excluding carboxylic acids is 1. The Bertz CT molecular complexity index is 343. The Labute approximate surface area is 87.7 Å². The van der Waals surface area contributed by atoms with E-state index in [0.29, 0.717) is 12.2 Å². The highest BCUT2D eigenvalue weighted by Crippen LogP contribution is 2.08. The van der Waals surface area contributed by atoms with E-state index in [1.165, 1.54) is 18.2 Å². The molecule has 4 nitrogen and oxygen atoms in total. The van der Waals surface area contributed by atoms with Crippen molar-refractivity contribution in [2.75, 3.05) is 11.9 Å². The number of carbonyl (C=O) groups is 1. The molecule has 0 aliphatic carbocycles. The third kappa shape index (κ3) is 3.95. The summed E-state index contributed by atoms with van der Waals surface area (Å²) < 4.78 is 12.8. The second kappa shape index (κ2) is 5.31. The maximum atomic E-state index is 12.8. The number of halogens is 1. The summed E-state index contributed by atoms with van der Waals surface area (Å²) in [7, 11) is 0. The molecule has 82 valence electrons. The molecule has 0 saturated carbocycles. The molecule has 0 fully saturated rings. The molecule has 1 aromatic rings. The first-order valence-electron chi connectivity index (χ1n) is 4.65. The Kier molecular flexibility index (Phi) is 4.05. The van der Waals surface area contributed by atoms with Crippen LogP contribution in [0.25, 0.3) is 0 Å². The summed E-state index contributed by atoms with van der Waals surface area (Å²) >= 11 is 0. The molecule has 2 amide bonds. The minimum absolute atomic E-state index is 0.112. The van der Waals surface area contributed by atoms with E-state index in [1.54, 1.807) is 13.0 Å². The van der Waals surface area contributed by atoms with Crippen LogP contribution in [0.1, 0.15) is 6.92 Å². The fourth-order valence-electron chi connectivity index (χ4n) is 1.02. The number of hydrogen-bond acceptors (Lipinski definition) is 2. The molecule has 0 aliphatic rings. The highest BCUT2D eigenvalue weighted by molar-refractivity contribution is 5.89. The van der Waals surface area contributed by atoms with E-state index in [-0.39, 0.29) is 11.9 Å². The summed E-state index contributed by atoms with van der Waals surface area (Å²) in [5.74, 6) is -0.389. The van der Waals surface area contributed by atoms with E-state index < -0.39 is 6.03 Å². The van der Waals surface area contributed by atoms with Gasteiger partial charge < -0.3 is 16.4 Å². The molecular weight excluding hydrogens is 197 g/mol. The van der Waals surface area contributed by atoms with Crippen LogP contribution in [0, 0.1) is 5.82 Å². The first-order chi connectivity index (χ1) is 7.11. The molecule has 0 bridgehead atoms.